The summed E-state index contributed by atoms with van der Waals surface area (Å²) in [4.78, 5) is 16.3. The Bertz CT molecular complexity index is 1020. The van der Waals surface area contributed by atoms with E-state index in [4.69, 9.17) is 4.42 Å². The van der Waals surface area contributed by atoms with Crippen LogP contribution in [0.15, 0.2) is 69.9 Å². The first-order chi connectivity index (χ1) is 13.7. The van der Waals surface area contributed by atoms with E-state index < -0.39 is 5.63 Å². The molecule has 1 aliphatic heterocycles. The molecule has 2 aromatic carbocycles. The van der Waals surface area contributed by atoms with Crippen LogP contribution in [0.5, 0.6) is 5.75 Å². The Morgan fingerprint density at radius 1 is 0.929 bits per heavy atom. The molecular formula is C23H24N2O3. The number of benzene rings is 2. The molecule has 28 heavy (non-hydrogen) atoms. The monoisotopic (exact) mass is 376 g/mol. The molecule has 5 heteroatoms. The first kappa shape index (κ1) is 18.5. The van der Waals surface area contributed by atoms with E-state index >= 15 is 0 Å². The Labute approximate surface area is 164 Å². The SMILES string of the molecule is O=c1ccc2ccc(O)c(CN3CCN(C/C=C/c4ccccc4)CC3)c2o1. The van der Waals surface area contributed by atoms with E-state index in [1.165, 1.54) is 11.6 Å². The standard InChI is InChI=1S/C23H24N2O3/c26-21-10-8-19-9-11-22(27)28-23(19)20(21)17-25-15-13-24(14-16-25)12-4-7-18-5-2-1-3-6-18/h1-11,26H,12-17H2/b7-4+. The minimum absolute atomic E-state index is 0.176. The van der Waals surface area contributed by atoms with Crippen molar-refractivity contribution < 1.29 is 9.52 Å². The molecule has 2 heterocycles. The third-order valence-corrected chi connectivity index (χ3v) is 5.19. The quantitative estimate of drug-likeness (QED) is 0.692. The number of hydrogen-bond donors (Lipinski definition) is 1. The second-order valence-corrected chi connectivity index (χ2v) is 7.13. The third-order valence-electron chi connectivity index (χ3n) is 5.19. The third kappa shape index (κ3) is 4.32. The molecule has 4 rings (SSSR count). The Morgan fingerprint density at radius 2 is 1.64 bits per heavy atom. The lowest BCUT2D eigenvalue weighted by Gasteiger charge is -2.34. The van der Waals surface area contributed by atoms with Crippen LogP contribution in [0.25, 0.3) is 17.0 Å². The molecule has 1 saturated heterocycles. The Morgan fingerprint density at radius 3 is 2.43 bits per heavy atom. The summed E-state index contributed by atoms with van der Waals surface area (Å²) < 4.78 is 5.37. The van der Waals surface area contributed by atoms with Gasteiger partial charge in [0.05, 0.1) is 5.56 Å². The van der Waals surface area contributed by atoms with Crippen molar-refractivity contribution in [3.05, 3.63) is 82.2 Å². The highest BCUT2D eigenvalue weighted by atomic mass is 16.4. The fourth-order valence-corrected chi connectivity index (χ4v) is 3.59. The minimum atomic E-state index is -0.394. The van der Waals surface area contributed by atoms with Crippen molar-refractivity contribution in [2.75, 3.05) is 32.7 Å². The molecule has 0 unspecified atom stereocenters. The van der Waals surface area contributed by atoms with Gasteiger partial charge in [-0.2, -0.15) is 0 Å². The van der Waals surface area contributed by atoms with Crippen LogP contribution in [0.4, 0.5) is 0 Å². The largest absolute Gasteiger partial charge is 0.507 e. The summed E-state index contributed by atoms with van der Waals surface area (Å²) in [5, 5.41) is 11.1. The molecule has 0 atom stereocenters. The molecule has 0 aliphatic carbocycles. The topological polar surface area (TPSA) is 56.9 Å². The van der Waals surface area contributed by atoms with E-state index in [9.17, 15) is 9.90 Å². The van der Waals surface area contributed by atoms with Crippen LogP contribution >= 0.6 is 0 Å². The van der Waals surface area contributed by atoms with Crippen LogP contribution in [0.1, 0.15) is 11.1 Å². The van der Waals surface area contributed by atoms with Crippen molar-refractivity contribution in [3.63, 3.8) is 0 Å². The highest BCUT2D eigenvalue weighted by Gasteiger charge is 2.19. The van der Waals surface area contributed by atoms with Gasteiger partial charge in [0.2, 0.25) is 0 Å². The second-order valence-electron chi connectivity index (χ2n) is 7.13. The second kappa shape index (κ2) is 8.42. The molecule has 0 radical (unpaired) electrons. The number of fused-ring (bicyclic) bond motifs is 1. The number of phenolic OH excluding ortho intramolecular Hbond substituents is 1. The fraction of sp³-hybridized carbons (Fsp3) is 0.261. The van der Waals surface area contributed by atoms with Gasteiger partial charge in [-0.05, 0) is 23.8 Å². The molecule has 0 saturated carbocycles. The molecule has 1 aromatic heterocycles. The predicted molar refractivity (Wildman–Crippen MR) is 111 cm³/mol. The smallest absolute Gasteiger partial charge is 0.336 e. The normalized spacial score (nSPS) is 16.1. The van der Waals surface area contributed by atoms with E-state index in [2.05, 4.69) is 34.1 Å². The molecule has 0 bridgehead atoms. The molecule has 0 spiro atoms. The summed E-state index contributed by atoms with van der Waals surface area (Å²) in [6.07, 6.45) is 4.36. The number of rotatable bonds is 5. The van der Waals surface area contributed by atoms with E-state index in [0.717, 1.165) is 38.1 Å². The number of piperazine rings is 1. The van der Waals surface area contributed by atoms with Crippen molar-refractivity contribution in [2.24, 2.45) is 0 Å². The molecule has 0 amide bonds. The zero-order valence-corrected chi connectivity index (χ0v) is 15.8. The van der Waals surface area contributed by atoms with Gasteiger partial charge in [0.25, 0.3) is 0 Å². The average molecular weight is 376 g/mol. The maximum absolute atomic E-state index is 11.6. The number of aromatic hydroxyl groups is 1. The highest BCUT2D eigenvalue weighted by Crippen LogP contribution is 2.27. The number of nitrogens with zero attached hydrogens (tertiary/aromatic N) is 2. The molecule has 1 N–H and O–H groups in total. The minimum Gasteiger partial charge on any atom is -0.507 e. The van der Waals surface area contributed by atoms with Crippen LogP contribution < -0.4 is 5.63 Å². The molecular weight excluding hydrogens is 352 g/mol. The maximum atomic E-state index is 11.6. The van der Waals surface area contributed by atoms with Crippen LogP contribution in [-0.2, 0) is 6.54 Å². The highest BCUT2D eigenvalue weighted by molar-refractivity contribution is 5.81. The van der Waals surface area contributed by atoms with Crippen molar-refractivity contribution in [1.82, 2.24) is 9.80 Å². The Kier molecular flexibility index (Phi) is 5.55. The molecule has 1 aliphatic rings. The molecule has 3 aromatic rings. The summed E-state index contributed by atoms with van der Waals surface area (Å²) in [6, 6.07) is 16.9. The van der Waals surface area contributed by atoms with Crippen LogP contribution in [-0.4, -0.2) is 47.6 Å². The van der Waals surface area contributed by atoms with Crippen molar-refractivity contribution in [2.45, 2.75) is 6.54 Å². The van der Waals surface area contributed by atoms with E-state index in [-0.39, 0.29) is 5.75 Å². The summed E-state index contributed by atoms with van der Waals surface area (Å²) >= 11 is 0. The van der Waals surface area contributed by atoms with E-state index in [1.807, 2.05) is 18.2 Å². The first-order valence-electron chi connectivity index (χ1n) is 9.60. The average Bonchev–Trinajstić information content (AvgIpc) is 2.72. The van der Waals surface area contributed by atoms with Gasteiger partial charge in [-0.3, -0.25) is 9.80 Å². The van der Waals surface area contributed by atoms with E-state index in [1.54, 1.807) is 18.2 Å². The number of phenols is 1. The van der Waals surface area contributed by atoms with Gasteiger partial charge in [0, 0.05) is 50.7 Å². The summed E-state index contributed by atoms with van der Waals surface area (Å²) in [5.41, 5.74) is 2.00. The Balaban J connectivity index is 1.37. The summed E-state index contributed by atoms with van der Waals surface area (Å²) in [7, 11) is 0. The maximum Gasteiger partial charge on any atom is 0.336 e. The van der Waals surface area contributed by atoms with Crippen molar-refractivity contribution in [1.29, 1.82) is 0 Å². The predicted octanol–water partition coefficient (Wildman–Crippen LogP) is 3.33. The van der Waals surface area contributed by atoms with Crippen LogP contribution in [0.3, 0.4) is 0 Å². The van der Waals surface area contributed by atoms with E-state index in [0.29, 0.717) is 17.7 Å². The first-order valence-corrected chi connectivity index (χ1v) is 9.60. The van der Waals surface area contributed by atoms with Gasteiger partial charge in [-0.25, -0.2) is 4.79 Å². The summed E-state index contributed by atoms with van der Waals surface area (Å²) in [5.74, 6) is 0.176. The van der Waals surface area contributed by atoms with Crippen molar-refractivity contribution >= 4 is 17.0 Å². The molecule has 1 fully saturated rings. The van der Waals surface area contributed by atoms with Crippen LogP contribution in [0, 0.1) is 0 Å². The zero-order valence-electron chi connectivity index (χ0n) is 15.8. The molecule has 144 valence electrons. The lowest BCUT2D eigenvalue weighted by atomic mass is 10.1. The van der Waals surface area contributed by atoms with Gasteiger partial charge in [-0.15, -0.1) is 0 Å². The van der Waals surface area contributed by atoms with Gasteiger partial charge >= 0.3 is 5.63 Å². The lowest BCUT2D eigenvalue weighted by Crippen LogP contribution is -2.45. The fourth-order valence-electron chi connectivity index (χ4n) is 3.59. The summed E-state index contributed by atoms with van der Waals surface area (Å²) in [6.45, 7) is 5.25. The van der Waals surface area contributed by atoms with Gasteiger partial charge in [-0.1, -0.05) is 42.5 Å². The lowest BCUT2D eigenvalue weighted by molar-refractivity contribution is 0.136. The van der Waals surface area contributed by atoms with Gasteiger partial charge < -0.3 is 9.52 Å². The number of hydrogen-bond acceptors (Lipinski definition) is 5. The van der Waals surface area contributed by atoms with Gasteiger partial charge in [0.1, 0.15) is 11.3 Å². The Hall–Kier alpha value is -2.89. The van der Waals surface area contributed by atoms with Gasteiger partial charge in [0.15, 0.2) is 0 Å². The zero-order chi connectivity index (χ0) is 19.3. The van der Waals surface area contributed by atoms with Crippen molar-refractivity contribution in [3.8, 4) is 5.75 Å². The molecule has 5 nitrogen and oxygen atoms in total. The van der Waals surface area contributed by atoms with Crippen LogP contribution in [0.2, 0.25) is 0 Å².